The monoisotopic (exact) mass is 237 g/mol. The molecule has 0 unspecified atom stereocenters. The van der Waals surface area contributed by atoms with Gasteiger partial charge in [-0.15, -0.1) is 0 Å². The van der Waals surface area contributed by atoms with E-state index in [1.165, 1.54) is 0 Å². The van der Waals surface area contributed by atoms with Crippen molar-refractivity contribution in [2.45, 2.75) is 18.6 Å². The van der Waals surface area contributed by atoms with Crippen LogP contribution in [0.1, 0.15) is 16.8 Å². The van der Waals surface area contributed by atoms with E-state index in [2.05, 4.69) is 0 Å². The molecule has 2 heterocycles. The summed E-state index contributed by atoms with van der Waals surface area (Å²) in [7, 11) is 0. The van der Waals surface area contributed by atoms with E-state index in [0.29, 0.717) is 17.2 Å². The summed E-state index contributed by atoms with van der Waals surface area (Å²) in [5.74, 6) is 0.0902. The predicted octanol–water partition coefficient (Wildman–Crippen LogP) is 1.95. The van der Waals surface area contributed by atoms with Gasteiger partial charge < -0.3 is 9.64 Å². The first kappa shape index (κ1) is 10.1. The van der Waals surface area contributed by atoms with Gasteiger partial charge in [-0.25, -0.2) is 0 Å². The van der Waals surface area contributed by atoms with Crippen LogP contribution >= 0.6 is 11.6 Å². The maximum absolute atomic E-state index is 12.2. The van der Waals surface area contributed by atoms with E-state index in [-0.39, 0.29) is 18.1 Å². The van der Waals surface area contributed by atoms with Crippen LogP contribution in [0.15, 0.2) is 24.3 Å². The van der Waals surface area contributed by atoms with Gasteiger partial charge in [-0.1, -0.05) is 11.6 Å². The number of nitrogens with zero attached hydrogens (tertiary/aromatic N) is 1. The summed E-state index contributed by atoms with van der Waals surface area (Å²) in [6.07, 6.45) is 1.24. The normalized spacial score (nSPS) is 27.4. The first-order chi connectivity index (χ1) is 7.74. The van der Waals surface area contributed by atoms with Gasteiger partial charge in [0.15, 0.2) is 0 Å². The first-order valence-corrected chi connectivity index (χ1v) is 5.80. The summed E-state index contributed by atoms with van der Waals surface area (Å²) in [6.45, 7) is 1.41. The van der Waals surface area contributed by atoms with E-state index >= 15 is 0 Å². The Hall–Kier alpha value is -1.06. The number of benzene rings is 1. The van der Waals surface area contributed by atoms with Crippen molar-refractivity contribution in [3.63, 3.8) is 0 Å². The molecule has 16 heavy (non-hydrogen) atoms. The Bertz CT molecular complexity index is 418. The maximum Gasteiger partial charge on any atom is 0.254 e. The molecule has 0 aliphatic carbocycles. The molecule has 0 N–H and O–H groups in total. The third kappa shape index (κ3) is 1.60. The molecule has 0 aromatic heterocycles. The average Bonchev–Trinajstić information content (AvgIpc) is 2.91. The zero-order valence-electron chi connectivity index (χ0n) is 8.73. The SMILES string of the molecule is O=C(c1ccc(Cl)cc1)N1C[C@H]2C[C@H]1CO2. The largest absolute Gasteiger partial charge is 0.374 e. The van der Waals surface area contributed by atoms with Crippen molar-refractivity contribution < 1.29 is 9.53 Å². The highest BCUT2D eigenvalue weighted by molar-refractivity contribution is 6.30. The van der Waals surface area contributed by atoms with Gasteiger partial charge in [-0.05, 0) is 30.7 Å². The number of fused-ring (bicyclic) bond motifs is 2. The molecule has 0 radical (unpaired) electrons. The molecule has 2 fully saturated rings. The number of ether oxygens (including phenoxy) is 1. The van der Waals surface area contributed by atoms with E-state index in [1.54, 1.807) is 24.3 Å². The van der Waals surface area contributed by atoms with Crippen LogP contribution in [0.3, 0.4) is 0 Å². The second kappa shape index (κ2) is 3.75. The van der Waals surface area contributed by atoms with Crippen LogP contribution in [0.25, 0.3) is 0 Å². The maximum atomic E-state index is 12.2. The van der Waals surface area contributed by atoms with Gasteiger partial charge in [-0.2, -0.15) is 0 Å². The fourth-order valence-corrected chi connectivity index (χ4v) is 2.53. The smallest absolute Gasteiger partial charge is 0.254 e. The number of halogens is 1. The quantitative estimate of drug-likeness (QED) is 0.747. The van der Waals surface area contributed by atoms with Gasteiger partial charge in [0.25, 0.3) is 5.91 Å². The number of carbonyl (C=O) groups is 1. The number of amides is 1. The van der Waals surface area contributed by atoms with E-state index in [0.717, 1.165) is 13.0 Å². The van der Waals surface area contributed by atoms with Crippen molar-refractivity contribution in [2.75, 3.05) is 13.2 Å². The van der Waals surface area contributed by atoms with Gasteiger partial charge in [-0.3, -0.25) is 4.79 Å². The Morgan fingerprint density at radius 1 is 1.38 bits per heavy atom. The molecule has 3 rings (SSSR count). The summed E-state index contributed by atoms with van der Waals surface area (Å²) in [4.78, 5) is 14.1. The molecule has 4 heteroatoms. The average molecular weight is 238 g/mol. The van der Waals surface area contributed by atoms with Crippen molar-refractivity contribution >= 4 is 17.5 Å². The Morgan fingerprint density at radius 3 is 2.69 bits per heavy atom. The molecule has 84 valence electrons. The van der Waals surface area contributed by atoms with Crippen molar-refractivity contribution in [1.82, 2.24) is 4.90 Å². The van der Waals surface area contributed by atoms with Crippen molar-refractivity contribution in [2.24, 2.45) is 0 Å². The Labute approximate surface area is 98.9 Å². The fourth-order valence-electron chi connectivity index (χ4n) is 2.41. The van der Waals surface area contributed by atoms with Crippen LogP contribution in [0.2, 0.25) is 5.02 Å². The summed E-state index contributed by atoms with van der Waals surface area (Å²) < 4.78 is 5.47. The molecule has 2 aliphatic heterocycles. The lowest BCUT2D eigenvalue weighted by atomic mass is 10.2. The molecule has 2 atom stereocenters. The third-order valence-corrected chi connectivity index (χ3v) is 3.50. The number of morpholine rings is 1. The summed E-state index contributed by atoms with van der Waals surface area (Å²) in [5.41, 5.74) is 0.706. The Morgan fingerprint density at radius 2 is 2.12 bits per heavy atom. The number of carbonyl (C=O) groups excluding carboxylic acids is 1. The standard InChI is InChI=1S/C12H12ClNO2/c13-9-3-1-8(2-4-9)12(15)14-6-11-5-10(14)7-16-11/h1-4,10-11H,5-7H2/t10-,11+/m0/s1. The van der Waals surface area contributed by atoms with E-state index in [1.807, 2.05) is 4.90 Å². The number of hydrogen-bond donors (Lipinski definition) is 0. The van der Waals surface area contributed by atoms with Crippen LogP contribution in [-0.2, 0) is 4.74 Å². The highest BCUT2D eigenvalue weighted by atomic mass is 35.5. The minimum atomic E-state index is 0.0902. The van der Waals surface area contributed by atoms with Crippen molar-refractivity contribution in [3.05, 3.63) is 34.9 Å². The minimum Gasteiger partial charge on any atom is -0.374 e. The lowest BCUT2D eigenvalue weighted by molar-refractivity contribution is 0.0259. The topological polar surface area (TPSA) is 29.5 Å². The van der Waals surface area contributed by atoms with Gasteiger partial charge in [0.1, 0.15) is 0 Å². The van der Waals surface area contributed by atoms with Crippen molar-refractivity contribution in [1.29, 1.82) is 0 Å². The van der Waals surface area contributed by atoms with Gasteiger partial charge in [0.2, 0.25) is 0 Å². The van der Waals surface area contributed by atoms with Gasteiger partial charge >= 0.3 is 0 Å². The number of rotatable bonds is 1. The molecule has 2 bridgehead atoms. The molecule has 2 aliphatic rings. The molecule has 2 saturated heterocycles. The van der Waals surface area contributed by atoms with Crippen LogP contribution in [-0.4, -0.2) is 36.1 Å². The second-order valence-corrected chi connectivity index (χ2v) is 4.75. The first-order valence-electron chi connectivity index (χ1n) is 5.42. The van der Waals surface area contributed by atoms with Crippen LogP contribution in [0.4, 0.5) is 0 Å². The molecule has 1 aromatic rings. The van der Waals surface area contributed by atoms with Gasteiger partial charge in [0, 0.05) is 17.1 Å². The van der Waals surface area contributed by atoms with E-state index in [9.17, 15) is 4.79 Å². The summed E-state index contributed by atoms with van der Waals surface area (Å²) in [6, 6.07) is 7.32. The van der Waals surface area contributed by atoms with Crippen LogP contribution in [0.5, 0.6) is 0 Å². The molecular formula is C12H12ClNO2. The minimum absolute atomic E-state index is 0.0902. The zero-order valence-corrected chi connectivity index (χ0v) is 9.48. The number of likely N-dealkylation sites (tertiary alicyclic amines) is 1. The fraction of sp³-hybridized carbons (Fsp3) is 0.417. The molecular weight excluding hydrogens is 226 g/mol. The predicted molar refractivity (Wildman–Crippen MR) is 60.6 cm³/mol. The van der Waals surface area contributed by atoms with E-state index in [4.69, 9.17) is 16.3 Å². The molecule has 1 aromatic carbocycles. The lowest BCUT2D eigenvalue weighted by Crippen LogP contribution is -2.41. The molecule has 0 spiro atoms. The van der Waals surface area contributed by atoms with Crippen molar-refractivity contribution in [3.8, 4) is 0 Å². The summed E-state index contributed by atoms with van der Waals surface area (Å²) >= 11 is 5.79. The van der Waals surface area contributed by atoms with Crippen LogP contribution in [0, 0.1) is 0 Å². The highest BCUT2D eigenvalue weighted by Crippen LogP contribution is 2.29. The molecule has 1 amide bonds. The third-order valence-electron chi connectivity index (χ3n) is 3.25. The highest BCUT2D eigenvalue weighted by Gasteiger charge is 2.41. The lowest BCUT2D eigenvalue weighted by Gasteiger charge is -2.26. The van der Waals surface area contributed by atoms with Crippen LogP contribution < -0.4 is 0 Å². The van der Waals surface area contributed by atoms with E-state index < -0.39 is 0 Å². The number of hydrogen-bond acceptors (Lipinski definition) is 2. The Kier molecular flexibility index (Phi) is 2.37. The molecule has 3 nitrogen and oxygen atoms in total. The van der Waals surface area contributed by atoms with Gasteiger partial charge in [0.05, 0.1) is 18.8 Å². The zero-order chi connectivity index (χ0) is 11.1. The summed E-state index contributed by atoms with van der Waals surface area (Å²) in [5, 5.41) is 0.655. The Balaban J connectivity index is 1.80. The second-order valence-electron chi connectivity index (χ2n) is 4.31. The molecule has 0 saturated carbocycles.